The van der Waals surface area contributed by atoms with Crippen LogP contribution in [0.25, 0.3) is 11.1 Å². The second-order valence-corrected chi connectivity index (χ2v) is 3.54. The maximum atomic E-state index is 9.14. The Bertz CT molecular complexity index is 645. The standard InChI is InChI=1S/C14H9N3/c15-8-10-4-3-6-11(13(10)9-16)12-5-1-2-7-14(12)17/h1-7H,17H2. The zero-order chi connectivity index (χ0) is 12.3. The van der Waals surface area contributed by atoms with E-state index in [4.69, 9.17) is 16.3 Å². The Morgan fingerprint density at radius 1 is 0.824 bits per heavy atom. The Hall–Kier alpha value is -2.78. The van der Waals surface area contributed by atoms with Crippen LogP contribution in [0.2, 0.25) is 0 Å². The van der Waals surface area contributed by atoms with Gasteiger partial charge in [-0.3, -0.25) is 0 Å². The van der Waals surface area contributed by atoms with Gasteiger partial charge in [0.15, 0.2) is 0 Å². The molecule has 0 heterocycles. The summed E-state index contributed by atoms with van der Waals surface area (Å²) in [6.45, 7) is 0. The van der Waals surface area contributed by atoms with Crippen molar-refractivity contribution in [2.75, 3.05) is 5.73 Å². The molecule has 0 aromatic heterocycles. The van der Waals surface area contributed by atoms with E-state index in [-0.39, 0.29) is 0 Å². The molecule has 0 radical (unpaired) electrons. The molecule has 2 rings (SSSR count). The van der Waals surface area contributed by atoms with E-state index in [2.05, 4.69) is 6.07 Å². The maximum absolute atomic E-state index is 9.14. The summed E-state index contributed by atoms with van der Waals surface area (Å²) in [4.78, 5) is 0. The SMILES string of the molecule is N#Cc1cccc(-c2ccccc2N)c1C#N. The average Bonchev–Trinajstić information content (AvgIpc) is 2.38. The van der Waals surface area contributed by atoms with Crippen molar-refractivity contribution in [2.45, 2.75) is 0 Å². The molecule has 2 aromatic rings. The van der Waals surface area contributed by atoms with Crippen molar-refractivity contribution in [2.24, 2.45) is 0 Å². The van der Waals surface area contributed by atoms with E-state index in [1.54, 1.807) is 24.3 Å². The second-order valence-electron chi connectivity index (χ2n) is 3.54. The molecular weight excluding hydrogens is 210 g/mol. The lowest BCUT2D eigenvalue weighted by atomic mass is 9.95. The molecule has 80 valence electrons. The number of nitrogens with two attached hydrogens (primary N) is 1. The highest BCUT2D eigenvalue weighted by molar-refractivity contribution is 5.81. The molecule has 3 nitrogen and oxygen atoms in total. The van der Waals surface area contributed by atoms with E-state index in [9.17, 15) is 0 Å². The molecule has 0 aliphatic carbocycles. The van der Waals surface area contributed by atoms with Crippen LogP contribution in [-0.2, 0) is 0 Å². The summed E-state index contributed by atoms with van der Waals surface area (Å²) in [5.74, 6) is 0. The van der Waals surface area contributed by atoms with Gasteiger partial charge in [-0.25, -0.2) is 0 Å². The first kappa shape index (κ1) is 10.7. The van der Waals surface area contributed by atoms with Crippen LogP contribution in [0, 0.1) is 22.7 Å². The highest BCUT2D eigenvalue weighted by Gasteiger charge is 2.10. The number of hydrogen-bond acceptors (Lipinski definition) is 3. The molecule has 0 unspecified atom stereocenters. The van der Waals surface area contributed by atoms with Crippen LogP contribution in [0.5, 0.6) is 0 Å². The fourth-order valence-corrected chi connectivity index (χ4v) is 1.73. The van der Waals surface area contributed by atoms with Crippen molar-refractivity contribution in [3.8, 4) is 23.3 Å². The van der Waals surface area contributed by atoms with Gasteiger partial charge in [-0.1, -0.05) is 30.3 Å². The van der Waals surface area contributed by atoms with Crippen LogP contribution in [0.3, 0.4) is 0 Å². The largest absolute Gasteiger partial charge is 0.398 e. The molecule has 0 bridgehead atoms. The number of anilines is 1. The summed E-state index contributed by atoms with van der Waals surface area (Å²) in [7, 11) is 0. The third-order valence-corrected chi connectivity index (χ3v) is 2.55. The molecule has 2 N–H and O–H groups in total. The minimum Gasteiger partial charge on any atom is -0.398 e. The first-order valence-electron chi connectivity index (χ1n) is 5.06. The zero-order valence-corrected chi connectivity index (χ0v) is 9.01. The van der Waals surface area contributed by atoms with E-state index in [1.807, 2.05) is 24.3 Å². The quantitative estimate of drug-likeness (QED) is 0.749. The Morgan fingerprint density at radius 3 is 2.18 bits per heavy atom. The van der Waals surface area contributed by atoms with Gasteiger partial charge in [0.25, 0.3) is 0 Å². The van der Waals surface area contributed by atoms with Crippen LogP contribution in [-0.4, -0.2) is 0 Å². The monoisotopic (exact) mass is 219 g/mol. The van der Waals surface area contributed by atoms with Crippen molar-refractivity contribution in [3.05, 3.63) is 53.6 Å². The number of nitriles is 2. The smallest absolute Gasteiger partial charge is 0.101 e. The molecule has 0 atom stereocenters. The van der Waals surface area contributed by atoms with Crippen LogP contribution >= 0.6 is 0 Å². The Kier molecular flexibility index (Phi) is 2.77. The number of para-hydroxylation sites is 1. The van der Waals surface area contributed by atoms with Gasteiger partial charge in [-0.2, -0.15) is 10.5 Å². The van der Waals surface area contributed by atoms with Gasteiger partial charge < -0.3 is 5.73 Å². The number of benzene rings is 2. The molecule has 0 spiro atoms. The maximum Gasteiger partial charge on any atom is 0.101 e. The molecule has 0 amide bonds. The van der Waals surface area contributed by atoms with Gasteiger partial charge in [0.05, 0.1) is 11.1 Å². The average molecular weight is 219 g/mol. The molecule has 3 heteroatoms. The lowest BCUT2D eigenvalue weighted by Crippen LogP contribution is -1.93. The fraction of sp³-hybridized carbons (Fsp3) is 0. The van der Waals surface area contributed by atoms with Crippen LogP contribution < -0.4 is 5.73 Å². The molecule has 0 saturated heterocycles. The lowest BCUT2D eigenvalue weighted by Gasteiger charge is -2.08. The summed E-state index contributed by atoms with van der Waals surface area (Å²) in [5.41, 5.74) is 8.69. The summed E-state index contributed by atoms with van der Waals surface area (Å²) in [6.07, 6.45) is 0. The molecule has 0 aliphatic heterocycles. The zero-order valence-electron chi connectivity index (χ0n) is 9.01. The number of rotatable bonds is 1. The van der Waals surface area contributed by atoms with Gasteiger partial charge in [0, 0.05) is 16.8 Å². The van der Waals surface area contributed by atoms with E-state index >= 15 is 0 Å². The summed E-state index contributed by atoms with van der Waals surface area (Å²) in [5, 5.41) is 18.1. The first-order valence-corrected chi connectivity index (χ1v) is 5.06. The first-order chi connectivity index (χ1) is 8.27. The minimum absolute atomic E-state index is 0.368. The van der Waals surface area contributed by atoms with Gasteiger partial charge in [-0.15, -0.1) is 0 Å². The predicted molar refractivity (Wildman–Crippen MR) is 65.7 cm³/mol. The van der Waals surface area contributed by atoms with E-state index in [1.165, 1.54) is 0 Å². The topological polar surface area (TPSA) is 73.6 Å². The van der Waals surface area contributed by atoms with E-state index in [0.29, 0.717) is 22.4 Å². The van der Waals surface area contributed by atoms with Crippen LogP contribution in [0.15, 0.2) is 42.5 Å². The van der Waals surface area contributed by atoms with Crippen LogP contribution in [0.1, 0.15) is 11.1 Å². The summed E-state index contributed by atoms with van der Waals surface area (Å²) < 4.78 is 0. The molecule has 0 aliphatic rings. The second kappa shape index (κ2) is 4.38. The van der Waals surface area contributed by atoms with E-state index < -0.39 is 0 Å². The predicted octanol–water partition coefficient (Wildman–Crippen LogP) is 2.68. The van der Waals surface area contributed by atoms with Crippen molar-refractivity contribution >= 4 is 5.69 Å². The van der Waals surface area contributed by atoms with Crippen molar-refractivity contribution < 1.29 is 0 Å². The highest BCUT2D eigenvalue weighted by atomic mass is 14.6. The van der Waals surface area contributed by atoms with E-state index in [0.717, 1.165) is 5.56 Å². The lowest BCUT2D eigenvalue weighted by molar-refractivity contribution is 1.43. The summed E-state index contributed by atoms with van der Waals surface area (Å²) in [6, 6.07) is 16.5. The third-order valence-electron chi connectivity index (χ3n) is 2.55. The molecule has 0 saturated carbocycles. The van der Waals surface area contributed by atoms with Crippen LogP contribution in [0.4, 0.5) is 5.69 Å². The number of hydrogen-bond donors (Lipinski definition) is 1. The molecular formula is C14H9N3. The normalized spacial score (nSPS) is 9.29. The van der Waals surface area contributed by atoms with Gasteiger partial charge >= 0.3 is 0 Å². The molecule has 0 fully saturated rings. The van der Waals surface area contributed by atoms with Crippen molar-refractivity contribution in [1.82, 2.24) is 0 Å². The third kappa shape index (κ3) is 1.82. The highest BCUT2D eigenvalue weighted by Crippen LogP contribution is 2.29. The molecule has 17 heavy (non-hydrogen) atoms. The summed E-state index contributed by atoms with van der Waals surface area (Å²) >= 11 is 0. The van der Waals surface area contributed by atoms with Gasteiger partial charge in [-0.05, 0) is 12.1 Å². The Morgan fingerprint density at radius 2 is 1.53 bits per heavy atom. The Balaban J connectivity index is 2.75. The van der Waals surface area contributed by atoms with Gasteiger partial charge in [0.2, 0.25) is 0 Å². The fourth-order valence-electron chi connectivity index (χ4n) is 1.73. The Labute approximate surface area is 99.3 Å². The molecule has 2 aromatic carbocycles. The number of nitrogens with zero attached hydrogens (tertiary/aromatic N) is 2. The van der Waals surface area contributed by atoms with Gasteiger partial charge in [0.1, 0.15) is 12.1 Å². The van der Waals surface area contributed by atoms with Crippen molar-refractivity contribution in [3.63, 3.8) is 0 Å². The minimum atomic E-state index is 0.368. The van der Waals surface area contributed by atoms with Crippen molar-refractivity contribution in [1.29, 1.82) is 10.5 Å². The number of nitrogen functional groups attached to an aromatic ring is 1.